The molecule has 112 valence electrons. The van der Waals surface area contributed by atoms with E-state index in [9.17, 15) is 9.59 Å². The number of hydrogen-bond donors (Lipinski definition) is 0. The van der Waals surface area contributed by atoms with Gasteiger partial charge in [-0.1, -0.05) is 24.3 Å². The molecule has 0 aromatic heterocycles. The summed E-state index contributed by atoms with van der Waals surface area (Å²) in [6.45, 7) is 0. The monoisotopic (exact) mass is 296 g/mol. The third kappa shape index (κ3) is 1.75. The maximum absolute atomic E-state index is 12.5. The van der Waals surface area contributed by atoms with Crippen LogP contribution in [0.15, 0.2) is 41.5 Å². The van der Waals surface area contributed by atoms with Gasteiger partial charge in [0.15, 0.2) is 0 Å². The Labute approximate surface area is 128 Å². The highest BCUT2D eigenvalue weighted by molar-refractivity contribution is 6.06. The summed E-state index contributed by atoms with van der Waals surface area (Å²) in [5, 5.41) is 5.19. The van der Waals surface area contributed by atoms with Crippen molar-refractivity contribution in [1.82, 2.24) is 5.01 Å². The molecule has 1 aromatic carbocycles. The normalized spacial score (nSPS) is 32.3. The van der Waals surface area contributed by atoms with Gasteiger partial charge in [0.1, 0.15) is 5.75 Å². The molecule has 2 aliphatic carbocycles. The van der Waals surface area contributed by atoms with Crippen LogP contribution in [0.2, 0.25) is 0 Å². The van der Waals surface area contributed by atoms with Crippen molar-refractivity contribution in [3.05, 3.63) is 42.0 Å². The summed E-state index contributed by atoms with van der Waals surface area (Å²) >= 11 is 0. The minimum Gasteiger partial charge on any atom is -0.496 e. The molecule has 1 aromatic rings. The van der Waals surface area contributed by atoms with Crippen LogP contribution in [0.3, 0.4) is 0 Å². The van der Waals surface area contributed by atoms with Crippen LogP contribution in [0.25, 0.3) is 0 Å². The number of methoxy groups -OCH3 is 1. The molecule has 0 spiro atoms. The van der Waals surface area contributed by atoms with Gasteiger partial charge < -0.3 is 4.74 Å². The van der Waals surface area contributed by atoms with E-state index in [0.717, 1.165) is 17.0 Å². The van der Waals surface area contributed by atoms with E-state index in [4.69, 9.17) is 4.74 Å². The molecule has 0 radical (unpaired) electrons. The van der Waals surface area contributed by atoms with E-state index in [2.05, 4.69) is 17.3 Å². The van der Waals surface area contributed by atoms with Crippen LogP contribution >= 0.6 is 0 Å². The van der Waals surface area contributed by atoms with Gasteiger partial charge in [0, 0.05) is 5.56 Å². The van der Waals surface area contributed by atoms with Gasteiger partial charge in [-0.25, -0.2) is 0 Å². The number of benzene rings is 1. The Balaban J connectivity index is 1.61. The van der Waals surface area contributed by atoms with Gasteiger partial charge in [0.25, 0.3) is 11.8 Å². The van der Waals surface area contributed by atoms with Gasteiger partial charge in [0.2, 0.25) is 0 Å². The van der Waals surface area contributed by atoms with E-state index in [-0.39, 0.29) is 35.5 Å². The fraction of sp³-hybridized carbons (Fsp3) is 0.353. The highest BCUT2D eigenvalue weighted by Gasteiger charge is 2.59. The lowest BCUT2D eigenvalue weighted by molar-refractivity contribution is -0.140. The van der Waals surface area contributed by atoms with E-state index in [0.29, 0.717) is 5.75 Å². The van der Waals surface area contributed by atoms with Crippen molar-refractivity contribution in [2.45, 2.75) is 6.42 Å². The second kappa shape index (κ2) is 4.80. The molecule has 1 aliphatic heterocycles. The van der Waals surface area contributed by atoms with E-state index in [1.54, 1.807) is 7.11 Å². The first-order chi connectivity index (χ1) is 10.7. The first kappa shape index (κ1) is 13.2. The Morgan fingerprint density at radius 1 is 1.14 bits per heavy atom. The summed E-state index contributed by atoms with van der Waals surface area (Å²) in [5.74, 6) is 0.314. The Kier molecular flexibility index (Phi) is 2.89. The number of fused-ring (bicyclic) bond motifs is 5. The number of carbonyl (C=O) groups is 2. The summed E-state index contributed by atoms with van der Waals surface area (Å²) < 4.78 is 5.24. The zero-order valence-electron chi connectivity index (χ0n) is 12.2. The molecule has 0 N–H and O–H groups in total. The quantitative estimate of drug-likeness (QED) is 0.486. The highest BCUT2D eigenvalue weighted by Crippen LogP contribution is 2.52. The molecule has 5 heteroatoms. The van der Waals surface area contributed by atoms with E-state index in [1.165, 1.54) is 6.21 Å². The van der Waals surface area contributed by atoms with Gasteiger partial charge in [-0.15, -0.1) is 0 Å². The van der Waals surface area contributed by atoms with Crippen molar-refractivity contribution in [2.75, 3.05) is 7.11 Å². The van der Waals surface area contributed by atoms with Crippen LogP contribution in [0.4, 0.5) is 0 Å². The number of imide groups is 1. The second-order valence-electron chi connectivity index (χ2n) is 5.97. The number of amides is 2. The molecule has 22 heavy (non-hydrogen) atoms. The Morgan fingerprint density at radius 3 is 2.41 bits per heavy atom. The van der Waals surface area contributed by atoms with Gasteiger partial charge in [0.05, 0.1) is 25.2 Å². The van der Waals surface area contributed by atoms with Crippen LogP contribution in [-0.2, 0) is 9.59 Å². The van der Waals surface area contributed by atoms with Crippen molar-refractivity contribution in [3.63, 3.8) is 0 Å². The molecule has 4 atom stereocenters. The number of allylic oxidation sites excluding steroid dienone is 2. The lowest BCUT2D eigenvalue weighted by Crippen LogP contribution is -2.28. The molecular formula is C17H16N2O3. The fourth-order valence-corrected chi connectivity index (χ4v) is 3.89. The molecular weight excluding hydrogens is 280 g/mol. The van der Waals surface area contributed by atoms with Crippen LogP contribution in [0, 0.1) is 23.7 Å². The van der Waals surface area contributed by atoms with E-state index < -0.39 is 0 Å². The maximum atomic E-state index is 12.5. The number of para-hydroxylation sites is 1. The average Bonchev–Trinajstić information content (AvgIpc) is 3.21. The molecule has 3 aliphatic rings. The molecule has 4 rings (SSSR count). The van der Waals surface area contributed by atoms with Crippen LogP contribution in [0.5, 0.6) is 5.75 Å². The Bertz CT molecular complexity index is 680. The topological polar surface area (TPSA) is 59.0 Å². The molecule has 2 amide bonds. The number of nitrogens with zero attached hydrogens (tertiary/aromatic N) is 2. The molecule has 5 nitrogen and oxygen atoms in total. The summed E-state index contributed by atoms with van der Waals surface area (Å²) in [5.41, 5.74) is 0.740. The average molecular weight is 296 g/mol. The first-order valence-corrected chi connectivity index (χ1v) is 7.44. The minimum atomic E-state index is -0.211. The third-order valence-corrected chi connectivity index (χ3v) is 4.90. The molecule has 1 saturated heterocycles. The Hall–Kier alpha value is -2.43. The van der Waals surface area contributed by atoms with E-state index >= 15 is 0 Å². The molecule has 2 bridgehead atoms. The smallest absolute Gasteiger partial charge is 0.254 e. The first-order valence-electron chi connectivity index (χ1n) is 7.44. The SMILES string of the molecule is COc1ccccc1/C=N\N1C(=O)[C@@H]2[C@H](C1=O)[C@@H]1C=C[C@@H]2C1. The summed E-state index contributed by atoms with van der Waals surface area (Å²) in [7, 11) is 1.58. The van der Waals surface area contributed by atoms with Crippen molar-refractivity contribution < 1.29 is 14.3 Å². The number of hydrogen-bond acceptors (Lipinski definition) is 4. The van der Waals surface area contributed by atoms with Crippen molar-refractivity contribution >= 4 is 18.0 Å². The molecule has 2 fully saturated rings. The largest absolute Gasteiger partial charge is 0.496 e. The predicted octanol–water partition coefficient (Wildman–Crippen LogP) is 1.84. The summed E-state index contributed by atoms with van der Waals surface area (Å²) in [6, 6.07) is 7.36. The fourth-order valence-electron chi connectivity index (χ4n) is 3.89. The predicted molar refractivity (Wildman–Crippen MR) is 80.2 cm³/mol. The van der Waals surface area contributed by atoms with Crippen molar-refractivity contribution in [2.24, 2.45) is 28.8 Å². The van der Waals surface area contributed by atoms with Crippen molar-refractivity contribution in [3.8, 4) is 5.75 Å². The van der Waals surface area contributed by atoms with Gasteiger partial charge in [-0.2, -0.15) is 10.1 Å². The van der Waals surface area contributed by atoms with Gasteiger partial charge in [-0.05, 0) is 30.4 Å². The maximum Gasteiger partial charge on any atom is 0.254 e. The van der Waals surface area contributed by atoms with Crippen LogP contribution < -0.4 is 4.74 Å². The Morgan fingerprint density at radius 2 is 1.77 bits per heavy atom. The van der Waals surface area contributed by atoms with Gasteiger partial charge >= 0.3 is 0 Å². The number of ether oxygens (including phenoxy) is 1. The minimum absolute atomic E-state index is 0.169. The lowest BCUT2D eigenvalue weighted by Gasteiger charge is -2.13. The number of rotatable bonds is 3. The lowest BCUT2D eigenvalue weighted by atomic mass is 9.85. The molecule has 1 heterocycles. The standard InChI is InChI=1S/C17H16N2O3/c1-22-13-5-3-2-4-12(13)9-18-19-16(20)14-10-6-7-11(8-10)15(14)17(19)21/h2-7,9-11,14-15H,8H2,1H3/b18-9-/t10-,11-,14-,15+/m1/s1. The zero-order chi connectivity index (χ0) is 15.3. The number of carbonyl (C=O) groups excluding carboxylic acids is 2. The molecule has 1 saturated carbocycles. The zero-order valence-corrected chi connectivity index (χ0v) is 12.2. The second-order valence-corrected chi connectivity index (χ2v) is 5.97. The molecule has 0 unspecified atom stereocenters. The highest BCUT2D eigenvalue weighted by atomic mass is 16.5. The summed E-state index contributed by atoms with van der Waals surface area (Å²) in [6.07, 6.45) is 6.59. The van der Waals surface area contributed by atoms with Gasteiger partial charge in [-0.3, -0.25) is 9.59 Å². The van der Waals surface area contributed by atoms with E-state index in [1.807, 2.05) is 24.3 Å². The third-order valence-electron chi connectivity index (χ3n) is 4.90. The van der Waals surface area contributed by atoms with Crippen LogP contribution in [-0.4, -0.2) is 30.1 Å². The summed E-state index contributed by atoms with van der Waals surface area (Å²) in [4.78, 5) is 25.0. The number of hydrazone groups is 1. The van der Waals surface area contributed by atoms with Crippen molar-refractivity contribution in [1.29, 1.82) is 0 Å². The van der Waals surface area contributed by atoms with Crippen LogP contribution in [0.1, 0.15) is 12.0 Å².